The molecular formula is C12H13F3N2O. The van der Waals surface area contributed by atoms with Gasteiger partial charge in [0.2, 0.25) is 5.88 Å². The van der Waals surface area contributed by atoms with Gasteiger partial charge in [0.05, 0.1) is 12.2 Å². The zero-order valence-corrected chi connectivity index (χ0v) is 9.63. The van der Waals surface area contributed by atoms with Crippen LogP contribution in [0, 0.1) is 11.3 Å². The second-order valence-electron chi connectivity index (χ2n) is 5.06. The third-order valence-corrected chi connectivity index (χ3v) is 3.80. The predicted molar refractivity (Wildman–Crippen MR) is 58.1 cm³/mol. The Hall–Kier alpha value is -1.30. The quantitative estimate of drug-likeness (QED) is 0.901. The number of nitrogens with one attached hydrogen (secondary N) is 1. The first-order valence-corrected chi connectivity index (χ1v) is 5.86. The Kier molecular flexibility index (Phi) is 2.52. The number of alkyl halides is 3. The SMILES string of the molecule is FC(F)(F)c1ccnc(OCC23CNCC2C3)c1. The molecule has 0 spiro atoms. The maximum Gasteiger partial charge on any atom is 0.416 e. The van der Waals surface area contributed by atoms with Crippen molar-refractivity contribution in [3.05, 3.63) is 23.9 Å². The molecule has 0 bridgehead atoms. The zero-order valence-electron chi connectivity index (χ0n) is 9.63. The summed E-state index contributed by atoms with van der Waals surface area (Å²) < 4.78 is 42.9. The van der Waals surface area contributed by atoms with E-state index in [2.05, 4.69) is 10.3 Å². The van der Waals surface area contributed by atoms with Crippen LogP contribution in [0.5, 0.6) is 5.88 Å². The van der Waals surface area contributed by atoms with Crippen LogP contribution in [0.3, 0.4) is 0 Å². The van der Waals surface area contributed by atoms with Crippen molar-refractivity contribution in [2.24, 2.45) is 11.3 Å². The largest absolute Gasteiger partial charge is 0.477 e. The third-order valence-electron chi connectivity index (χ3n) is 3.80. The van der Waals surface area contributed by atoms with Gasteiger partial charge < -0.3 is 10.1 Å². The minimum absolute atomic E-state index is 0.0525. The topological polar surface area (TPSA) is 34.1 Å². The summed E-state index contributed by atoms with van der Waals surface area (Å²) >= 11 is 0. The first kappa shape index (κ1) is 11.8. The standard InChI is InChI=1S/C12H13F3N2O/c13-12(14,15)8-1-2-17-10(3-8)18-7-11-4-9(11)5-16-6-11/h1-3,9,16H,4-7H2. The number of hydrogen-bond donors (Lipinski definition) is 1. The van der Waals surface area contributed by atoms with Crippen LogP contribution in [-0.2, 0) is 6.18 Å². The molecule has 2 aliphatic rings. The van der Waals surface area contributed by atoms with E-state index in [0.717, 1.165) is 37.8 Å². The van der Waals surface area contributed by atoms with Crippen LogP contribution >= 0.6 is 0 Å². The number of piperidine rings is 1. The number of pyridine rings is 1. The predicted octanol–water partition coefficient (Wildman–Crippen LogP) is 2.09. The number of nitrogens with zero attached hydrogens (tertiary/aromatic N) is 1. The van der Waals surface area contributed by atoms with Gasteiger partial charge in [0.1, 0.15) is 0 Å². The molecule has 1 aliphatic carbocycles. The van der Waals surface area contributed by atoms with Crippen LogP contribution in [0.4, 0.5) is 13.2 Å². The fourth-order valence-corrected chi connectivity index (χ4v) is 2.54. The number of fused-ring (bicyclic) bond motifs is 1. The molecular weight excluding hydrogens is 245 g/mol. The van der Waals surface area contributed by atoms with Gasteiger partial charge in [-0.15, -0.1) is 0 Å². The van der Waals surface area contributed by atoms with Gasteiger partial charge in [-0.1, -0.05) is 0 Å². The fraction of sp³-hybridized carbons (Fsp3) is 0.583. The molecule has 1 aromatic heterocycles. The second-order valence-corrected chi connectivity index (χ2v) is 5.06. The highest BCUT2D eigenvalue weighted by Gasteiger charge is 2.57. The molecule has 1 N–H and O–H groups in total. The Morgan fingerprint density at radius 1 is 1.50 bits per heavy atom. The number of hydrogen-bond acceptors (Lipinski definition) is 3. The van der Waals surface area contributed by atoms with E-state index < -0.39 is 11.7 Å². The Bertz CT molecular complexity index is 463. The second kappa shape index (κ2) is 3.85. The molecule has 18 heavy (non-hydrogen) atoms. The highest BCUT2D eigenvalue weighted by molar-refractivity contribution is 5.23. The molecule has 98 valence electrons. The lowest BCUT2D eigenvalue weighted by molar-refractivity contribution is -0.137. The molecule has 1 saturated heterocycles. The van der Waals surface area contributed by atoms with E-state index in [1.54, 1.807) is 0 Å². The van der Waals surface area contributed by atoms with Gasteiger partial charge >= 0.3 is 6.18 Å². The first-order valence-electron chi connectivity index (χ1n) is 5.86. The van der Waals surface area contributed by atoms with Gasteiger partial charge in [0.15, 0.2) is 0 Å². The lowest BCUT2D eigenvalue weighted by Crippen LogP contribution is -2.22. The van der Waals surface area contributed by atoms with E-state index in [0.29, 0.717) is 12.5 Å². The summed E-state index contributed by atoms with van der Waals surface area (Å²) in [5, 5.41) is 3.25. The monoisotopic (exact) mass is 258 g/mol. The van der Waals surface area contributed by atoms with E-state index in [1.807, 2.05) is 0 Å². The van der Waals surface area contributed by atoms with Crippen molar-refractivity contribution in [3.63, 3.8) is 0 Å². The summed E-state index contributed by atoms with van der Waals surface area (Å²) in [6, 6.07) is 1.90. The smallest absolute Gasteiger partial charge is 0.416 e. The molecule has 0 aromatic carbocycles. The number of rotatable bonds is 3. The Balaban J connectivity index is 1.66. The maximum absolute atomic E-state index is 12.5. The summed E-state index contributed by atoms with van der Waals surface area (Å²) in [4.78, 5) is 3.82. The first-order chi connectivity index (χ1) is 8.50. The lowest BCUT2D eigenvalue weighted by Gasteiger charge is -2.13. The number of halogens is 3. The van der Waals surface area contributed by atoms with E-state index >= 15 is 0 Å². The van der Waals surface area contributed by atoms with Crippen molar-refractivity contribution in [2.45, 2.75) is 12.6 Å². The Labute approximate surface area is 102 Å². The molecule has 6 heteroatoms. The van der Waals surface area contributed by atoms with E-state index in [9.17, 15) is 13.2 Å². The van der Waals surface area contributed by atoms with Gasteiger partial charge in [0, 0.05) is 24.2 Å². The summed E-state index contributed by atoms with van der Waals surface area (Å²) in [6.45, 7) is 2.31. The zero-order chi connectivity index (χ0) is 12.8. The summed E-state index contributed by atoms with van der Waals surface area (Å²) in [5.41, 5.74) is -0.586. The van der Waals surface area contributed by atoms with Gasteiger partial charge in [-0.25, -0.2) is 4.98 Å². The van der Waals surface area contributed by atoms with Crippen LogP contribution < -0.4 is 10.1 Å². The summed E-state index contributed by atoms with van der Waals surface area (Å²) in [5.74, 6) is 0.667. The molecule has 2 heterocycles. The van der Waals surface area contributed by atoms with Gasteiger partial charge in [-0.3, -0.25) is 0 Å². The van der Waals surface area contributed by atoms with Crippen molar-refractivity contribution >= 4 is 0 Å². The molecule has 2 unspecified atom stereocenters. The fourth-order valence-electron chi connectivity index (χ4n) is 2.54. The lowest BCUT2D eigenvalue weighted by atomic mass is 10.1. The number of ether oxygens (including phenoxy) is 1. The Morgan fingerprint density at radius 2 is 2.33 bits per heavy atom. The molecule has 1 saturated carbocycles. The molecule has 0 radical (unpaired) electrons. The van der Waals surface area contributed by atoms with Crippen molar-refractivity contribution in [1.29, 1.82) is 0 Å². The van der Waals surface area contributed by atoms with E-state index in [4.69, 9.17) is 4.74 Å². The highest BCUT2D eigenvalue weighted by atomic mass is 19.4. The van der Waals surface area contributed by atoms with Crippen LogP contribution in [0.25, 0.3) is 0 Å². The molecule has 0 amide bonds. The molecule has 2 fully saturated rings. The van der Waals surface area contributed by atoms with Crippen molar-refractivity contribution in [1.82, 2.24) is 10.3 Å². The minimum atomic E-state index is -4.35. The van der Waals surface area contributed by atoms with Crippen molar-refractivity contribution in [2.75, 3.05) is 19.7 Å². The van der Waals surface area contributed by atoms with Gasteiger partial charge in [-0.2, -0.15) is 13.2 Å². The van der Waals surface area contributed by atoms with Gasteiger partial charge in [0.25, 0.3) is 0 Å². The highest BCUT2D eigenvalue weighted by Crippen LogP contribution is 2.54. The van der Waals surface area contributed by atoms with Crippen LogP contribution in [0.1, 0.15) is 12.0 Å². The average Bonchev–Trinajstić information content (AvgIpc) is 2.88. The maximum atomic E-state index is 12.5. The van der Waals surface area contributed by atoms with Crippen LogP contribution in [0.2, 0.25) is 0 Å². The van der Waals surface area contributed by atoms with Crippen LogP contribution in [0.15, 0.2) is 18.3 Å². The molecule has 3 rings (SSSR count). The van der Waals surface area contributed by atoms with Crippen LogP contribution in [-0.4, -0.2) is 24.7 Å². The number of aromatic nitrogens is 1. The molecule has 3 nitrogen and oxygen atoms in total. The van der Waals surface area contributed by atoms with E-state index in [1.165, 1.54) is 0 Å². The van der Waals surface area contributed by atoms with Crippen molar-refractivity contribution in [3.8, 4) is 5.88 Å². The molecule has 1 aromatic rings. The van der Waals surface area contributed by atoms with E-state index in [-0.39, 0.29) is 11.3 Å². The normalized spacial score (nSPS) is 30.1. The van der Waals surface area contributed by atoms with Gasteiger partial charge in [-0.05, 0) is 24.9 Å². The molecule has 1 aliphatic heterocycles. The summed E-state index contributed by atoms with van der Waals surface area (Å²) in [7, 11) is 0. The van der Waals surface area contributed by atoms with Crippen molar-refractivity contribution < 1.29 is 17.9 Å². The molecule has 2 atom stereocenters. The minimum Gasteiger partial charge on any atom is -0.477 e. The summed E-state index contributed by atoms with van der Waals surface area (Å²) in [6.07, 6.45) is -2.12. The average molecular weight is 258 g/mol. The third kappa shape index (κ3) is 2.05. The Morgan fingerprint density at radius 3 is 2.94 bits per heavy atom.